The first-order valence-corrected chi connectivity index (χ1v) is 7.32. The third-order valence-electron chi connectivity index (χ3n) is 2.44. The van der Waals surface area contributed by atoms with Crippen molar-refractivity contribution in [2.24, 2.45) is 5.92 Å². The van der Waals surface area contributed by atoms with E-state index in [1.807, 2.05) is 20.8 Å². The van der Waals surface area contributed by atoms with Gasteiger partial charge in [0.05, 0.1) is 13.2 Å². The molecule has 1 rings (SSSR count). The topological polar surface area (TPSA) is 80.2 Å². The highest BCUT2D eigenvalue weighted by Gasteiger charge is 2.13. The van der Waals surface area contributed by atoms with Crippen LogP contribution < -0.4 is 15.0 Å². The maximum absolute atomic E-state index is 11.8. The summed E-state index contributed by atoms with van der Waals surface area (Å²) in [5, 5.41) is 2.87. The molecule has 0 aliphatic rings. The number of anilines is 1. The smallest absolute Gasteiger partial charge is 0.322 e. The lowest BCUT2D eigenvalue weighted by Gasteiger charge is -2.17. The molecule has 0 fully saturated rings. The van der Waals surface area contributed by atoms with Gasteiger partial charge in [-0.25, -0.2) is 0 Å². The Balaban J connectivity index is 2.66. The van der Waals surface area contributed by atoms with Crippen LogP contribution in [0.25, 0.3) is 0 Å². The van der Waals surface area contributed by atoms with E-state index in [0.717, 1.165) is 6.42 Å². The molecule has 0 saturated carbocycles. The quantitative estimate of drug-likeness (QED) is 0.783. The first-order valence-electron chi connectivity index (χ1n) is 6.94. The van der Waals surface area contributed by atoms with Crippen LogP contribution in [0.1, 0.15) is 27.2 Å². The fourth-order valence-corrected chi connectivity index (χ4v) is 1.56. The minimum atomic E-state index is -0.0984. The van der Waals surface area contributed by atoms with E-state index in [0.29, 0.717) is 25.0 Å². The maximum atomic E-state index is 11.8. The van der Waals surface area contributed by atoms with Crippen molar-refractivity contribution in [2.45, 2.75) is 27.2 Å². The van der Waals surface area contributed by atoms with E-state index in [2.05, 4.69) is 20.3 Å². The number of likely N-dealkylation sites (N-methyl/N-ethyl adjacent to an activating group) is 1. The summed E-state index contributed by atoms with van der Waals surface area (Å²) in [5.74, 6) is 0.611. The van der Waals surface area contributed by atoms with Crippen LogP contribution >= 0.6 is 11.6 Å². The van der Waals surface area contributed by atoms with E-state index in [-0.39, 0.29) is 23.7 Å². The van der Waals surface area contributed by atoms with Crippen LogP contribution in [0.3, 0.4) is 0 Å². The molecular weight excluding hydrogens is 294 g/mol. The van der Waals surface area contributed by atoms with Crippen LogP contribution in [0.15, 0.2) is 0 Å². The number of carbonyl (C=O) groups is 1. The number of rotatable bonds is 8. The van der Waals surface area contributed by atoms with Gasteiger partial charge in [-0.2, -0.15) is 15.0 Å². The third-order valence-corrected chi connectivity index (χ3v) is 2.61. The monoisotopic (exact) mass is 315 g/mol. The molecule has 0 radical (unpaired) electrons. The molecule has 0 saturated heterocycles. The van der Waals surface area contributed by atoms with Crippen molar-refractivity contribution in [2.75, 3.05) is 31.6 Å². The van der Waals surface area contributed by atoms with Crippen molar-refractivity contribution < 1.29 is 9.53 Å². The number of carbonyl (C=O) groups excluding carboxylic acids is 1. The van der Waals surface area contributed by atoms with Crippen LogP contribution in [0.2, 0.25) is 5.28 Å². The van der Waals surface area contributed by atoms with Gasteiger partial charge in [0.15, 0.2) is 0 Å². The summed E-state index contributed by atoms with van der Waals surface area (Å²) in [6, 6.07) is 0.168. The molecule has 0 aliphatic carbocycles. The number of hydrogen-bond donors (Lipinski definition) is 1. The summed E-state index contributed by atoms with van der Waals surface area (Å²) in [5.41, 5.74) is 0. The van der Waals surface area contributed by atoms with E-state index in [9.17, 15) is 4.79 Å². The van der Waals surface area contributed by atoms with Gasteiger partial charge in [-0.1, -0.05) is 20.8 Å². The molecule has 118 valence electrons. The average Bonchev–Trinajstić information content (AvgIpc) is 2.42. The summed E-state index contributed by atoms with van der Waals surface area (Å²) < 4.78 is 5.34. The van der Waals surface area contributed by atoms with E-state index in [4.69, 9.17) is 16.3 Å². The fourth-order valence-electron chi connectivity index (χ4n) is 1.41. The van der Waals surface area contributed by atoms with Crippen LogP contribution in [0.5, 0.6) is 6.01 Å². The molecule has 1 amide bonds. The fraction of sp³-hybridized carbons (Fsp3) is 0.692. The van der Waals surface area contributed by atoms with Gasteiger partial charge in [0, 0.05) is 13.6 Å². The van der Waals surface area contributed by atoms with Gasteiger partial charge in [0.25, 0.3) is 0 Å². The molecule has 0 aliphatic heterocycles. The Morgan fingerprint density at radius 3 is 2.71 bits per heavy atom. The highest BCUT2D eigenvalue weighted by atomic mass is 35.5. The summed E-state index contributed by atoms with van der Waals surface area (Å²) in [4.78, 5) is 25.4. The highest BCUT2D eigenvalue weighted by Crippen LogP contribution is 2.14. The lowest BCUT2D eigenvalue weighted by atomic mass is 10.2. The lowest BCUT2D eigenvalue weighted by Crippen LogP contribution is -2.37. The van der Waals surface area contributed by atoms with Crippen molar-refractivity contribution in [3.63, 3.8) is 0 Å². The van der Waals surface area contributed by atoms with Crippen molar-refractivity contribution in [3.05, 3.63) is 5.28 Å². The van der Waals surface area contributed by atoms with Gasteiger partial charge in [-0.05, 0) is 23.9 Å². The highest BCUT2D eigenvalue weighted by molar-refractivity contribution is 6.28. The van der Waals surface area contributed by atoms with E-state index in [1.54, 1.807) is 11.9 Å². The summed E-state index contributed by atoms with van der Waals surface area (Å²) in [6.45, 7) is 7.32. The zero-order chi connectivity index (χ0) is 15.8. The molecule has 0 unspecified atom stereocenters. The Kier molecular flexibility index (Phi) is 7.14. The Bertz CT molecular complexity index is 470. The van der Waals surface area contributed by atoms with Crippen molar-refractivity contribution in [1.82, 2.24) is 20.3 Å². The van der Waals surface area contributed by atoms with Gasteiger partial charge < -0.3 is 15.0 Å². The molecule has 21 heavy (non-hydrogen) atoms. The number of nitrogens with one attached hydrogen (secondary N) is 1. The molecule has 0 aromatic carbocycles. The summed E-state index contributed by atoms with van der Waals surface area (Å²) in [6.07, 6.45) is 0.839. The van der Waals surface area contributed by atoms with Crippen molar-refractivity contribution in [3.8, 4) is 6.01 Å². The molecule has 1 N–H and O–H groups in total. The number of hydrogen-bond acceptors (Lipinski definition) is 6. The number of ether oxygens (including phenoxy) is 1. The minimum absolute atomic E-state index is 0.0422. The second-order valence-corrected chi connectivity index (χ2v) is 5.43. The Morgan fingerprint density at radius 2 is 2.10 bits per heavy atom. The normalized spacial score (nSPS) is 10.6. The Morgan fingerprint density at radius 1 is 1.38 bits per heavy atom. The Hall–Kier alpha value is -1.63. The number of halogens is 1. The minimum Gasteiger partial charge on any atom is -0.463 e. The van der Waals surface area contributed by atoms with Gasteiger partial charge in [-0.15, -0.1) is 0 Å². The largest absolute Gasteiger partial charge is 0.463 e. The zero-order valence-corrected chi connectivity index (χ0v) is 13.6. The van der Waals surface area contributed by atoms with Gasteiger partial charge in [0.2, 0.25) is 17.1 Å². The van der Waals surface area contributed by atoms with E-state index >= 15 is 0 Å². The van der Waals surface area contributed by atoms with Crippen LogP contribution in [-0.4, -0.2) is 47.6 Å². The SMILES string of the molecule is CCCOc1nc(Cl)nc(N(C)CC(=O)NCC(C)C)n1. The lowest BCUT2D eigenvalue weighted by molar-refractivity contribution is -0.119. The molecule has 0 bridgehead atoms. The van der Waals surface area contributed by atoms with Crippen molar-refractivity contribution in [1.29, 1.82) is 0 Å². The molecule has 1 heterocycles. The van der Waals surface area contributed by atoms with Gasteiger partial charge in [0.1, 0.15) is 0 Å². The standard InChI is InChI=1S/C13H22ClN5O2/c1-5-6-21-13-17-11(14)16-12(18-13)19(4)8-10(20)15-7-9(2)3/h9H,5-8H2,1-4H3,(H,15,20). The molecule has 1 aromatic rings. The number of amides is 1. The zero-order valence-electron chi connectivity index (χ0n) is 12.9. The predicted molar refractivity (Wildman–Crippen MR) is 81.7 cm³/mol. The number of aromatic nitrogens is 3. The second kappa shape index (κ2) is 8.61. The maximum Gasteiger partial charge on any atom is 0.322 e. The molecule has 1 aromatic heterocycles. The van der Waals surface area contributed by atoms with Crippen LogP contribution in [0.4, 0.5) is 5.95 Å². The van der Waals surface area contributed by atoms with Gasteiger partial charge >= 0.3 is 6.01 Å². The van der Waals surface area contributed by atoms with E-state index in [1.165, 1.54) is 0 Å². The predicted octanol–water partition coefficient (Wildman–Crippen LogP) is 1.52. The van der Waals surface area contributed by atoms with Gasteiger partial charge in [-0.3, -0.25) is 4.79 Å². The molecule has 0 spiro atoms. The number of nitrogens with zero attached hydrogens (tertiary/aromatic N) is 4. The first kappa shape index (κ1) is 17.4. The molecule has 0 atom stereocenters. The van der Waals surface area contributed by atoms with Crippen LogP contribution in [-0.2, 0) is 4.79 Å². The molecular formula is C13H22ClN5O2. The molecule has 8 heteroatoms. The van der Waals surface area contributed by atoms with Crippen LogP contribution in [0, 0.1) is 5.92 Å². The Labute approximate surface area is 130 Å². The summed E-state index contributed by atoms with van der Waals surface area (Å²) in [7, 11) is 1.71. The third kappa shape index (κ3) is 6.57. The molecule has 7 nitrogen and oxygen atoms in total. The first-order chi connectivity index (χ1) is 9.92. The van der Waals surface area contributed by atoms with Crippen molar-refractivity contribution >= 4 is 23.5 Å². The van der Waals surface area contributed by atoms with E-state index < -0.39 is 0 Å². The average molecular weight is 316 g/mol. The second-order valence-electron chi connectivity index (χ2n) is 5.09. The summed E-state index contributed by atoms with van der Waals surface area (Å²) >= 11 is 5.84.